The number of aliphatic hydroxyl groups excluding tert-OH is 1. The minimum absolute atomic E-state index is 0.0162. The van der Waals surface area contributed by atoms with Crippen LogP contribution in [-0.4, -0.2) is 32.4 Å². The molecule has 9 heavy (non-hydrogen) atoms. The average Bonchev–Trinajstić information content (AvgIpc) is 2.37. The topological polar surface area (TPSA) is 74.7 Å². The molecular weight excluding hydrogens is 127 g/mol. The van der Waals surface area contributed by atoms with Crippen LogP contribution in [0.1, 0.15) is 11.9 Å². The number of hydrogen-bond acceptors (Lipinski definition) is 4. The molecular formula is C3H5FN4O. The smallest absolute Gasteiger partial charge is 0.205 e. The van der Waals surface area contributed by atoms with Crippen LogP contribution >= 0.6 is 0 Å². The molecule has 0 saturated heterocycles. The van der Waals surface area contributed by atoms with E-state index >= 15 is 0 Å². The Bertz CT molecular complexity index is 164. The summed E-state index contributed by atoms with van der Waals surface area (Å²) in [6.45, 7) is -0.889. The van der Waals surface area contributed by atoms with Gasteiger partial charge in [-0.2, -0.15) is 5.21 Å². The van der Waals surface area contributed by atoms with E-state index in [1.165, 1.54) is 0 Å². The van der Waals surface area contributed by atoms with Gasteiger partial charge in [-0.05, 0) is 0 Å². The maximum atomic E-state index is 11.6. The summed E-state index contributed by atoms with van der Waals surface area (Å²) in [4.78, 5) is 0. The zero-order valence-electron chi connectivity index (χ0n) is 4.45. The molecule has 1 aromatic heterocycles. The van der Waals surface area contributed by atoms with E-state index in [-0.39, 0.29) is 5.82 Å². The van der Waals surface area contributed by atoms with Gasteiger partial charge in [-0.1, -0.05) is 5.21 Å². The summed E-state index contributed by atoms with van der Waals surface area (Å²) >= 11 is 0. The normalized spacial score (nSPS) is 13.6. The Morgan fingerprint density at radius 3 is 3.00 bits per heavy atom. The molecule has 0 spiro atoms. The van der Waals surface area contributed by atoms with Gasteiger partial charge in [-0.25, -0.2) is 4.39 Å². The van der Waals surface area contributed by atoms with Crippen LogP contribution in [0.3, 0.4) is 0 Å². The van der Waals surface area contributed by atoms with E-state index < -0.39 is 12.8 Å². The molecule has 1 unspecified atom stereocenters. The second-order valence-electron chi connectivity index (χ2n) is 1.44. The summed E-state index contributed by atoms with van der Waals surface area (Å²) < 4.78 is 11.6. The van der Waals surface area contributed by atoms with Crippen molar-refractivity contribution < 1.29 is 9.50 Å². The molecule has 5 nitrogen and oxygen atoms in total. The van der Waals surface area contributed by atoms with Crippen LogP contribution in [0.25, 0.3) is 0 Å². The molecule has 0 aliphatic rings. The van der Waals surface area contributed by atoms with Crippen LogP contribution in [0.5, 0.6) is 0 Å². The van der Waals surface area contributed by atoms with Crippen molar-refractivity contribution in [3.05, 3.63) is 5.82 Å². The fourth-order valence-corrected chi connectivity index (χ4v) is 0.380. The Morgan fingerprint density at radius 2 is 2.56 bits per heavy atom. The van der Waals surface area contributed by atoms with Crippen molar-refractivity contribution in [1.29, 1.82) is 0 Å². The molecule has 50 valence electrons. The van der Waals surface area contributed by atoms with Crippen molar-refractivity contribution in [3.63, 3.8) is 0 Å². The number of tetrazole rings is 1. The van der Waals surface area contributed by atoms with Gasteiger partial charge in [-0.15, -0.1) is 10.2 Å². The Kier molecular flexibility index (Phi) is 1.69. The number of H-pyrrole nitrogens is 1. The minimum atomic E-state index is -1.25. The molecule has 2 N–H and O–H groups in total. The first-order valence-corrected chi connectivity index (χ1v) is 2.32. The van der Waals surface area contributed by atoms with E-state index in [0.29, 0.717) is 0 Å². The highest BCUT2D eigenvalue weighted by Gasteiger charge is 2.10. The van der Waals surface area contributed by atoms with Crippen LogP contribution in [0.2, 0.25) is 0 Å². The number of halogens is 1. The monoisotopic (exact) mass is 132 g/mol. The average molecular weight is 132 g/mol. The summed E-state index contributed by atoms with van der Waals surface area (Å²) in [5, 5.41) is 20.6. The van der Waals surface area contributed by atoms with Crippen molar-refractivity contribution in [2.24, 2.45) is 0 Å². The lowest BCUT2D eigenvalue weighted by molar-refractivity contribution is 0.133. The Morgan fingerprint density at radius 1 is 1.78 bits per heavy atom. The lowest BCUT2D eigenvalue weighted by Crippen LogP contribution is -2.01. The summed E-state index contributed by atoms with van der Waals surface area (Å²) in [7, 11) is 0. The summed E-state index contributed by atoms with van der Waals surface area (Å²) in [6.07, 6.45) is -1.25. The number of hydrogen-bond donors (Lipinski definition) is 2. The first kappa shape index (κ1) is 6.09. The molecule has 1 rings (SSSR count). The summed E-state index contributed by atoms with van der Waals surface area (Å²) in [6, 6.07) is 0. The van der Waals surface area contributed by atoms with Crippen molar-refractivity contribution in [2.45, 2.75) is 6.10 Å². The summed E-state index contributed by atoms with van der Waals surface area (Å²) in [5.41, 5.74) is 0. The quantitative estimate of drug-likeness (QED) is 0.552. The molecule has 1 atom stereocenters. The van der Waals surface area contributed by atoms with E-state index in [1.807, 2.05) is 0 Å². The van der Waals surface area contributed by atoms with Gasteiger partial charge >= 0.3 is 0 Å². The molecule has 0 amide bonds. The lowest BCUT2D eigenvalue weighted by atomic mass is 10.4. The van der Waals surface area contributed by atoms with E-state index in [0.717, 1.165) is 0 Å². The van der Waals surface area contributed by atoms with Crippen molar-refractivity contribution in [1.82, 2.24) is 20.6 Å². The zero-order valence-corrected chi connectivity index (χ0v) is 4.45. The van der Waals surface area contributed by atoms with Crippen LogP contribution in [0.15, 0.2) is 0 Å². The lowest BCUT2D eigenvalue weighted by Gasteiger charge is -1.94. The number of aliphatic hydroxyl groups is 1. The van der Waals surface area contributed by atoms with Gasteiger partial charge in [0.2, 0.25) is 5.82 Å². The molecule has 0 aliphatic heterocycles. The molecule has 0 radical (unpaired) electrons. The van der Waals surface area contributed by atoms with Gasteiger partial charge in [0.15, 0.2) is 0 Å². The standard InChI is InChI=1S/C3H5FN4O/c4-1-2(9)3-5-7-8-6-3/h2,9H,1H2,(H,5,6,7,8). The third-order valence-electron chi connectivity index (χ3n) is 0.806. The maximum absolute atomic E-state index is 11.6. The second-order valence-corrected chi connectivity index (χ2v) is 1.44. The van der Waals surface area contributed by atoms with E-state index in [4.69, 9.17) is 5.11 Å². The first-order chi connectivity index (χ1) is 4.34. The predicted molar refractivity (Wildman–Crippen MR) is 25.1 cm³/mol. The molecule has 0 saturated carbocycles. The predicted octanol–water partition coefficient (Wildman–Crippen LogP) is -0.797. The van der Waals surface area contributed by atoms with Crippen molar-refractivity contribution >= 4 is 0 Å². The largest absolute Gasteiger partial charge is 0.382 e. The third kappa shape index (κ3) is 1.20. The molecule has 0 bridgehead atoms. The second kappa shape index (κ2) is 2.49. The molecule has 0 fully saturated rings. The van der Waals surface area contributed by atoms with Gasteiger partial charge in [0.05, 0.1) is 0 Å². The molecule has 1 heterocycles. The number of aromatic amines is 1. The molecule has 1 aromatic rings. The van der Waals surface area contributed by atoms with Crippen LogP contribution in [0.4, 0.5) is 4.39 Å². The van der Waals surface area contributed by atoms with Crippen LogP contribution in [0, 0.1) is 0 Å². The van der Waals surface area contributed by atoms with Gasteiger partial charge in [-0.3, -0.25) is 0 Å². The fraction of sp³-hybridized carbons (Fsp3) is 0.667. The zero-order chi connectivity index (χ0) is 6.69. The molecule has 0 aliphatic carbocycles. The number of aromatic nitrogens is 4. The number of alkyl halides is 1. The van der Waals surface area contributed by atoms with Crippen LogP contribution in [-0.2, 0) is 0 Å². The maximum Gasteiger partial charge on any atom is 0.205 e. The van der Waals surface area contributed by atoms with Gasteiger partial charge in [0.1, 0.15) is 12.8 Å². The van der Waals surface area contributed by atoms with Crippen molar-refractivity contribution in [3.8, 4) is 0 Å². The first-order valence-electron chi connectivity index (χ1n) is 2.32. The number of nitrogens with one attached hydrogen (secondary N) is 1. The Balaban J connectivity index is 2.65. The summed E-state index contributed by atoms with van der Waals surface area (Å²) in [5.74, 6) is -0.0162. The number of nitrogens with zero attached hydrogens (tertiary/aromatic N) is 3. The Labute approximate surface area is 49.9 Å². The highest BCUT2D eigenvalue weighted by atomic mass is 19.1. The third-order valence-corrected chi connectivity index (χ3v) is 0.806. The van der Waals surface area contributed by atoms with Crippen LogP contribution < -0.4 is 0 Å². The van der Waals surface area contributed by atoms with E-state index in [2.05, 4.69) is 20.6 Å². The highest BCUT2D eigenvalue weighted by molar-refractivity contribution is 4.81. The van der Waals surface area contributed by atoms with Crippen molar-refractivity contribution in [2.75, 3.05) is 6.67 Å². The Hall–Kier alpha value is -1.04. The van der Waals surface area contributed by atoms with Gasteiger partial charge < -0.3 is 5.11 Å². The molecule has 6 heteroatoms. The highest BCUT2D eigenvalue weighted by Crippen LogP contribution is 2.02. The minimum Gasteiger partial charge on any atom is -0.382 e. The SMILES string of the molecule is OC(CF)c1nn[nH]n1. The number of rotatable bonds is 2. The molecule has 0 aromatic carbocycles. The fourth-order valence-electron chi connectivity index (χ4n) is 0.380. The van der Waals surface area contributed by atoms with Gasteiger partial charge in [0.25, 0.3) is 0 Å². The van der Waals surface area contributed by atoms with E-state index in [9.17, 15) is 4.39 Å². The van der Waals surface area contributed by atoms with E-state index in [1.54, 1.807) is 0 Å². The van der Waals surface area contributed by atoms with Gasteiger partial charge in [0, 0.05) is 0 Å².